The third kappa shape index (κ3) is 19.9. The molecule has 0 saturated heterocycles. The summed E-state index contributed by atoms with van der Waals surface area (Å²) in [5.41, 5.74) is 0. The number of unbranched alkanes of at least 4 members (excludes halogenated alkanes) is 10. The summed E-state index contributed by atoms with van der Waals surface area (Å²) in [7, 11) is 0. The first-order valence-corrected chi connectivity index (χ1v) is 8.24. The first kappa shape index (κ1) is 24.2. The molecule has 0 atom stereocenters. The van der Waals surface area contributed by atoms with Crippen LogP contribution in [0.4, 0.5) is 0 Å². The van der Waals surface area contributed by atoms with Gasteiger partial charge in [-0.2, -0.15) is 0 Å². The summed E-state index contributed by atoms with van der Waals surface area (Å²) in [6, 6.07) is 0. The normalized spacial score (nSPS) is 10.4. The van der Waals surface area contributed by atoms with Gasteiger partial charge in [0.05, 0.1) is 6.61 Å². The molecule has 0 aromatic carbocycles. The second kappa shape index (κ2) is 19.0. The Morgan fingerprint density at radius 3 is 1.77 bits per heavy atom. The Kier molecular flexibility index (Phi) is 20.9. The largest absolute Gasteiger partial charge is 2.00 e. The minimum absolute atomic E-state index is 0. The Morgan fingerprint density at radius 2 is 1.32 bits per heavy atom. The Balaban J connectivity index is -0.000000667. The molecule has 1 N–H and O–H groups in total. The quantitative estimate of drug-likeness (QED) is 0.221. The molecule has 0 rings (SSSR count). The number of carbonyl (C=O) groups is 2. The summed E-state index contributed by atoms with van der Waals surface area (Å²) in [5, 5.41) is 8.34. The van der Waals surface area contributed by atoms with Crippen LogP contribution in [0.2, 0.25) is 0 Å². The third-order valence-electron chi connectivity index (χ3n) is 3.35. The Hall–Kier alpha value is -0.0603. The van der Waals surface area contributed by atoms with Crippen LogP contribution in [0.3, 0.4) is 0 Å². The van der Waals surface area contributed by atoms with E-state index in [1.54, 1.807) is 0 Å². The molecule has 0 radical (unpaired) electrons. The molecule has 0 unspecified atom stereocenters. The maximum atomic E-state index is 11.1. The fourth-order valence-corrected chi connectivity index (χ4v) is 2.13. The number of ether oxygens (including phenoxy) is 1. The summed E-state index contributed by atoms with van der Waals surface area (Å²) >= 11 is 0. The fraction of sp³-hybridized carbons (Fsp3) is 0.765. The Bertz CT molecular complexity index is 313. The number of hydrogen-bond acceptors (Lipinski definition) is 3. The SMILES string of the molecule is CCCCCCCCCCCCCOC(=O)C=CC(=O)O.[Ca+2].[H-].[H-]. The van der Waals surface area contributed by atoms with E-state index < -0.39 is 11.9 Å². The van der Waals surface area contributed by atoms with Crippen molar-refractivity contribution in [1.82, 2.24) is 0 Å². The van der Waals surface area contributed by atoms with Crippen molar-refractivity contribution in [3.63, 3.8) is 0 Å². The number of aliphatic carboxylic acids is 1. The molecule has 126 valence electrons. The van der Waals surface area contributed by atoms with Crippen LogP contribution < -0.4 is 0 Å². The summed E-state index contributed by atoms with van der Waals surface area (Å²) in [6.45, 7) is 2.61. The van der Waals surface area contributed by atoms with Gasteiger partial charge >= 0.3 is 49.7 Å². The molecule has 0 amide bonds. The van der Waals surface area contributed by atoms with Crippen LogP contribution in [0.15, 0.2) is 12.2 Å². The van der Waals surface area contributed by atoms with Crippen LogP contribution in [0.25, 0.3) is 0 Å². The zero-order chi connectivity index (χ0) is 15.8. The molecule has 0 aromatic heterocycles. The van der Waals surface area contributed by atoms with Crippen LogP contribution in [-0.4, -0.2) is 61.4 Å². The molecule has 0 aliphatic rings. The number of hydrogen-bond donors (Lipinski definition) is 1. The van der Waals surface area contributed by atoms with Gasteiger partial charge in [0, 0.05) is 12.2 Å². The molecule has 0 bridgehead atoms. The molecular formula is C17H32CaO4. The molecule has 22 heavy (non-hydrogen) atoms. The van der Waals surface area contributed by atoms with Crippen molar-refractivity contribution in [3.8, 4) is 0 Å². The second-order valence-corrected chi connectivity index (χ2v) is 5.37. The van der Waals surface area contributed by atoms with Crippen molar-refractivity contribution >= 4 is 49.7 Å². The zero-order valence-electron chi connectivity index (χ0n) is 16.0. The van der Waals surface area contributed by atoms with E-state index in [2.05, 4.69) is 6.92 Å². The van der Waals surface area contributed by atoms with E-state index in [1.165, 1.54) is 57.8 Å². The maximum absolute atomic E-state index is 11.1. The summed E-state index contributed by atoms with van der Waals surface area (Å²) in [4.78, 5) is 21.2. The van der Waals surface area contributed by atoms with E-state index in [0.29, 0.717) is 6.61 Å². The first-order valence-electron chi connectivity index (χ1n) is 8.24. The van der Waals surface area contributed by atoms with E-state index in [9.17, 15) is 9.59 Å². The van der Waals surface area contributed by atoms with Gasteiger partial charge in [0.15, 0.2) is 0 Å². The standard InChI is InChI=1S/C17H30O4.Ca.2H/c1-2-3-4-5-6-7-8-9-10-11-12-15-21-17(20)14-13-16(18)19;;;/h13-14H,2-12,15H2,1H3,(H,18,19);;;/q;+2;2*-1. The molecule has 0 fully saturated rings. The number of carbonyl (C=O) groups excluding carboxylic acids is 1. The molecular weight excluding hydrogens is 308 g/mol. The molecule has 4 nitrogen and oxygen atoms in total. The van der Waals surface area contributed by atoms with E-state index in [0.717, 1.165) is 25.0 Å². The van der Waals surface area contributed by atoms with Crippen molar-refractivity contribution in [1.29, 1.82) is 0 Å². The van der Waals surface area contributed by atoms with E-state index in [1.807, 2.05) is 0 Å². The van der Waals surface area contributed by atoms with Gasteiger partial charge < -0.3 is 12.7 Å². The minimum Gasteiger partial charge on any atom is -1.00 e. The van der Waals surface area contributed by atoms with E-state index in [4.69, 9.17) is 9.84 Å². The van der Waals surface area contributed by atoms with Crippen molar-refractivity contribution in [3.05, 3.63) is 12.2 Å². The molecule has 0 aromatic rings. The van der Waals surface area contributed by atoms with Crippen LogP contribution >= 0.6 is 0 Å². The van der Waals surface area contributed by atoms with Gasteiger partial charge in [0.2, 0.25) is 0 Å². The van der Waals surface area contributed by atoms with Crippen LogP contribution in [0.1, 0.15) is 80.4 Å². The number of carboxylic acids is 1. The summed E-state index contributed by atoms with van der Waals surface area (Å²) in [5.74, 6) is -1.72. The summed E-state index contributed by atoms with van der Waals surface area (Å²) < 4.78 is 4.89. The predicted octanol–water partition coefficient (Wildman–Crippen LogP) is 4.33. The molecule has 0 aliphatic carbocycles. The first-order chi connectivity index (χ1) is 10.2. The molecule has 5 heteroatoms. The van der Waals surface area contributed by atoms with Gasteiger partial charge in [0.1, 0.15) is 0 Å². The Labute approximate surface area is 167 Å². The smallest absolute Gasteiger partial charge is 1.00 e. The van der Waals surface area contributed by atoms with Gasteiger partial charge in [0.25, 0.3) is 0 Å². The van der Waals surface area contributed by atoms with Gasteiger partial charge in [-0.15, -0.1) is 0 Å². The predicted molar refractivity (Wildman–Crippen MR) is 92.2 cm³/mol. The molecule has 0 heterocycles. The average Bonchev–Trinajstić information content (AvgIpc) is 2.46. The number of esters is 1. The van der Waals surface area contributed by atoms with Gasteiger partial charge in [-0.3, -0.25) is 0 Å². The molecule has 0 aliphatic heterocycles. The topological polar surface area (TPSA) is 63.6 Å². The maximum Gasteiger partial charge on any atom is 2.00 e. The van der Waals surface area contributed by atoms with Crippen molar-refractivity contribution in [2.45, 2.75) is 77.6 Å². The fourth-order valence-electron chi connectivity index (χ4n) is 2.13. The Morgan fingerprint density at radius 1 is 0.864 bits per heavy atom. The van der Waals surface area contributed by atoms with E-state index >= 15 is 0 Å². The van der Waals surface area contributed by atoms with Crippen molar-refractivity contribution < 1.29 is 22.3 Å². The van der Waals surface area contributed by atoms with Gasteiger partial charge in [-0.05, 0) is 6.42 Å². The molecule has 0 spiro atoms. The monoisotopic (exact) mass is 340 g/mol. The van der Waals surface area contributed by atoms with Crippen molar-refractivity contribution in [2.75, 3.05) is 6.61 Å². The van der Waals surface area contributed by atoms with Crippen LogP contribution in [-0.2, 0) is 14.3 Å². The van der Waals surface area contributed by atoms with Gasteiger partial charge in [-0.1, -0.05) is 71.1 Å². The summed E-state index contributed by atoms with van der Waals surface area (Å²) in [6.07, 6.45) is 15.5. The van der Waals surface area contributed by atoms with Crippen LogP contribution in [0, 0.1) is 0 Å². The molecule has 0 saturated carbocycles. The minimum atomic E-state index is -1.14. The van der Waals surface area contributed by atoms with Crippen molar-refractivity contribution in [2.24, 2.45) is 0 Å². The number of rotatable bonds is 14. The van der Waals surface area contributed by atoms with Gasteiger partial charge in [-0.25, -0.2) is 9.59 Å². The second-order valence-electron chi connectivity index (χ2n) is 5.37. The number of carboxylic acid groups (broad SMARTS) is 1. The third-order valence-corrected chi connectivity index (χ3v) is 3.35. The van der Waals surface area contributed by atoms with Crippen LogP contribution in [0.5, 0.6) is 0 Å². The average molecular weight is 341 g/mol. The van der Waals surface area contributed by atoms with E-state index in [-0.39, 0.29) is 40.6 Å². The zero-order valence-corrected chi connectivity index (χ0v) is 16.2.